The van der Waals surface area contributed by atoms with E-state index in [1.165, 1.54) is 0 Å². The molecule has 86 valence electrons. The molecule has 1 rings (SSSR count). The van der Waals surface area contributed by atoms with Gasteiger partial charge in [0.1, 0.15) is 6.61 Å². The molecule has 0 amide bonds. The molecule has 0 saturated heterocycles. The van der Waals surface area contributed by atoms with Crippen molar-refractivity contribution in [3.63, 3.8) is 0 Å². The van der Waals surface area contributed by atoms with Crippen molar-refractivity contribution in [1.29, 1.82) is 5.26 Å². The van der Waals surface area contributed by atoms with E-state index in [9.17, 15) is 8.78 Å². The largest absolute Gasteiger partial charge is 0.383 e. The first-order chi connectivity index (χ1) is 7.72. The van der Waals surface area contributed by atoms with E-state index < -0.39 is 13.0 Å². The molecule has 0 aliphatic heterocycles. The van der Waals surface area contributed by atoms with Gasteiger partial charge in [-0.15, -0.1) is 0 Å². The van der Waals surface area contributed by atoms with Crippen molar-refractivity contribution >= 4 is 5.69 Å². The Morgan fingerprint density at radius 3 is 2.56 bits per heavy atom. The summed E-state index contributed by atoms with van der Waals surface area (Å²) in [6.45, 7) is 0.151. The summed E-state index contributed by atoms with van der Waals surface area (Å²) in [6, 6.07) is 8.88. The van der Waals surface area contributed by atoms with Gasteiger partial charge in [-0.25, -0.2) is 8.78 Å². The van der Waals surface area contributed by atoms with Crippen LogP contribution in [0.5, 0.6) is 0 Å². The highest BCUT2D eigenvalue weighted by atomic mass is 19.3. The average molecular weight is 226 g/mol. The number of ether oxygens (including phenoxy) is 1. The standard InChI is InChI=1S/C11H12F2N2O/c12-11(13)8-16-6-5-15-10-3-1-9(7-14)2-4-10/h1-4,11,15H,5-6,8H2. The molecule has 0 fully saturated rings. The summed E-state index contributed by atoms with van der Waals surface area (Å²) in [5, 5.41) is 11.6. The van der Waals surface area contributed by atoms with E-state index in [1.54, 1.807) is 24.3 Å². The topological polar surface area (TPSA) is 45.0 Å². The van der Waals surface area contributed by atoms with Gasteiger partial charge in [-0.2, -0.15) is 5.26 Å². The van der Waals surface area contributed by atoms with Crippen LogP contribution < -0.4 is 5.32 Å². The number of rotatable bonds is 6. The van der Waals surface area contributed by atoms with Gasteiger partial charge >= 0.3 is 0 Å². The molecule has 1 N–H and O–H groups in total. The summed E-state index contributed by atoms with van der Waals surface area (Å²) in [5.74, 6) is 0. The van der Waals surface area contributed by atoms with Crippen molar-refractivity contribution in [2.75, 3.05) is 25.1 Å². The van der Waals surface area contributed by atoms with Crippen molar-refractivity contribution in [3.05, 3.63) is 29.8 Å². The van der Waals surface area contributed by atoms with Gasteiger partial charge in [0.05, 0.1) is 18.2 Å². The fraction of sp³-hybridized carbons (Fsp3) is 0.364. The number of nitrogens with one attached hydrogen (secondary N) is 1. The Morgan fingerprint density at radius 1 is 1.31 bits per heavy atom. The summed E-state index contributed by atoms with van der Waals surface area (Å²) in [4.78, 5) is 0. The number of anilines is 1. The number of nitriles is 1. The van der Waals surface area contributed by atoms with Gasteiger partial charge in [0.15, 0.2) is 0 Å². The number of halogens is 2. The molecule has 0 bridgehead atoms. The first kappa shape index (κ1) is 12.4. The molecular weight excluding hydrogens is 214 g/mol. The van der Waals surface area contributed by atoms with Gasteiger partial charge in [0.25, 0.3) is 6.43 Å². The van der Waals surface area contributed by atoms with Crippen LogP contribution in [0.1, 0.15) is 5.56 Å². The first-order valence-corrected chi connectivity index (χ1v) is 4.82. The lowest BCUT2D eigenvalue weighted by Gasteiger charge is -2.06. The Labute approximate surface area is 92.6 Å². The molecular formula is C11H12F2N2O. The van der Waals surface area contributed by atoms with E-state index in [1.807, 2.05) is 6.07 Å². The van der Waals surface area contributed by atoms with Crippen molar-refractivity contribution in [2.24, 2.45) is 0 Å². The zero-order chi connectivity index (χ0) is 11.8. The summed E-state index contributed by atoms with van der Waals surface area (Å²) < 4.78 is 28.1. The normalized spacial score (nSPS) is 10.1. The lowest BCUT2D eigenvalue weighted by Crippen LogP contribution is -2.12. The van der Waals surface area contributed by atoms with Crippen LogP contribution in [-0.4, -0.2) is 26.2 Å². The van der Waals surface area contributed by atoms with Gasteiger partial charge in [-0.05, 0) is 24.3 Å². The number of hydrogen-bond acceptors (Lipinski definition) is 3. The summed E-state index contributed by atoms with van der Waals surface area (Å²) in [5.41, 5.74) is 1.42. The van der Waals surface area contributed by atoms with E-state index in [-0.39, 0.29) is 6.61 Å². The van der Waals surface area contributed by atoms with Crippen molar-refractivity contribution < 1.29 is 13.5 Å². The van der Waals surface area contributed by atoms with Crippen LogP contribution in [0.4, 0.5) is 14.5 Å². The molecule has 3 nitrogen and oxygen atoms in total. The zero-order valence-electron chi connectivity index (χ0n) is 8.62. The molecule has 0 aromatic heterocycles. The number of benzene rings is 1. The molecule has 1 aromatic rings. The molecule has 0 radical (unpaired) electrons. The monoisotopic (exact) mass is 226 g/mol. The van der Waals surface area contributed by atoms with Gasteiger partial charge in [-0.1, -0.05) is 0 Å². The van der Waals surface area contributed by atoms with E-state index in [0.29, 0.717) is 12.1 Å². The van der Waals surface area contributed by atoms with Gasteiger partial charge < -0.3 is 10.1 Å². The van der Waals surface area contributed by atoms with Crippen molar-refractivity contribution in [2.45, 2.75) is 6.43 Å². The fourth-order valence-electron chi connectivity index (χ4n) is 1.10. The Balaban J connectivity index is 2.20. The van der Waals surface area contributed by atoms with E-state index in [0.717, 1.165) is 5.69 Å². The second kappa shape index (κ2) is 6.75. The minimum absolute atomic E-state index is 0.227. The summed E-state index contributed by atoms with van der Waals surface area (Å²) in [6.07, 6.45) is -2.42. The molecule has 0 spiro atoms. The van der Waals surface area contributed by atoms with Gasteiger partial charge in [-0.3, -0.25) is 0 Å². The Kier molecular flexibility index (Phi) is 5.23. The first-order valence-electron chi connectivity index (χ1n) is 4.82. The Morgan fingerprint density at radius 2 is 2.00 bits per heavy atom. The minimum Gasteiger partial charge on any atom is -0.383 e. The lowest BCUT2D eigenvalue weighted by atomic mass is 10.2. The molecule has 5 heteroatoms. The van der Waals surface area contributed by atoms with Crippen LogP contribution in [0.15, 0.2) is 24.3 Å². The summed E-state index contributed by atoms with van der Waals surface area (Å²) in [7, 11) is 0. The number of hydrogen-bond donors (Lipinski definition) is 1. The Hall–Kier alpha value is -1.67. The third kappa shape index (κ3) is 4.71. The highest BCUT2D eigenvalue weighted by Gasteiger charge is 2.00. The fourth-order valence-corrected chi connectivity index (χ4v) is 1.10. The smallest absolute Gasteiger partial charge is 0.261 e. The van der Waals surface area contributed by atoms with E-state index in [2.05, 4.69) is 5.32 Å². The molecule has 0 unspecified atom stereocenters. The maximum atomic E-state index is 11.7. The zero-order valence-corrected chi connectivity index (χ0v) is 8.62. The number of alkyl halides is 2. The third-order valence-electron chi connectivity index (χ3n) is 1.83. The van der Waals surface area contributed by atoms with Crippen LogP contribution in [0.2, 0.25) is 0 Å². The Bertz CT molecular complexity index is 346. The van der Waals surface area contributed by atoms with Crippen LogP contribution in [-0.2, 0) is 4.74 Å². The second-order valence-corrected chi connectivity index (χ2v) is 3.08. The van der Waals surface area contributed by atoms with E-state index in [4.69, 9.17) is 10.00 Å². The molecule has 16 heavy (non-hydrogen) atoms. The molecule has 1 aromatic carbocycles. The molecule has 0 aliphatic rings. The molecule has 0 atom stereocenters. The number of nitrogens with zero attached hydrogens (tertiary/aromatic N) is 1. The quantitative estimate of drug-likeness (QED) is 0.757. The highest BCUT2D eigenvalue weighted by Crippen LogP contribution is 2.07. The van der Waals surface area contributed by atoms with E-state index >= 15 is 0 Å². The SMILES string of the molecule is N#Cc1ccc(NCCOCC(F)F)cc1. The van der Waals surface area contributed by atoms with Gasteiger partial charge in [0.2, 0.25) is 0 Å². The second-order valence-electron chi connectivity index (χ2n) is 3.08. The predicted molar refractivity (Wildman–Crippen MR) is 56.5 cm³/mol. The summed E-state index contributed by atoms with van der Waals surface area (Å²) >= 11 is 0. The van der Waals surface area contributed by atoms with Gasteiger partial charge in [0, 0.05) is 12.2 Å². The van der Waals surface area contributed by atoms with Crippen molar-refractivity contribution in [3.8, 4) is 6.07 Å². The maximum absolute atomic E-state index is 11.7. The van der Waals surface area contributed by atoms with Crippen molar-refractivity contribution in [1.82, 2.24) is 0 Å². The molecule has 0 saturated carbocycles. The molecule has 0 aliphatic carbocycles. The van der Waals surface area contributed by atoms with Crippen LogP contribution >= 0.6 is 0 Å². The third-order valence-corrected chi connectivity index (χ3v) is 1.83. The maximum Gasteiger partial charge on any atom is 0.261 e. The predicted octanol–water partition coefficient (Wildman–Crippen LogP) is 2.25. The van der Waals surface area contributed by atoms with Crippen LogP contribution in [0.25, 0.3) is 0 Å². The van der Waals surface area contributed by atoms with Crippen LogP contribution in [0, 0.1) is 11.3 Å². The molecule has 0 heterocycles. The lowest BCUT2D eigenvalue weighted by molar-refractivity contribution is 0.0215. The van der Waals surface area contributed by atoms with Crippen LogP contribution in [0.3, 0.4) is 0 Å². The minimum atomic E-state index is -2.42. The highest BCUT2D eigenvalue weighted by molar-refractivity contribution is 5.46. The average Bonchev–Trinajstić information content (AvgIpc) is 2.29.